The summed E-state index contributed by atoms with van der Waals surface area (Å²) in [5, 5.41) is 9.67. The largest absolute Gasteiger partial charge is 0.490 e. The Balaban J connectivity index is 1.99. The zero-order valence-electron chi connectivity index (χ0n) is 11.3. The minimum Gasteiger partial charge on any atom is -0.490 e. The lowest BCUT2D eigenvalue weighted by Crippen LogP contribution is -2.09. The van der Waals surface area contributed by atoms with Crippen molar-refractivity contribution in [3.8, 4) is 5.75 Å². The number of hydrogen-bond donors (Lipinski definition) is 3. The van der Waals surface area contributed by atoms with Crippen molar-refractivity contribution >= 4 is 11.4 Å². The molecule has 2 rings (SSSR count). The van der Waals surface area contributed by atoms with E-state index in [0.29, 0.717) is 30.9 Å². The van der Waals surface area contributed by atoms with Gasteiger partial charge in [-0.05, 0) is 6.42 Å². The Morgan fingerprint density at radius 2 is 2.30 bits per heavy atom. The van der Waals surface area contributed by atoms with Crippen molar-refractivity contribution in [2.45, 2.75) is 19.8 Å². The van der Waals surface area contributed by atoms with E-state index >= 15 is 0 Å². The molecule has 7 heteroatoms. The van der Waals surface area contributed by atoms with Crippen LogP contribution < -0.4 is 15.8 Å². The van der Waals surface area contributed by atoms with E-state index in [0.717, 1.165) is 12.2 Å². The fourth-order valence-corrected chi connectivity index (χ4v) is 1.71. The average molecular weight is 279 g/mol. The predicted octanol–water partition coefficient (Wildman–Crippen LogP) is 1.97. The SMILES string of the molecule is CCCOc1cc(NCCc2ncn[nH]2)c(N)cc1F. The Morgan fingerprint density at radius 1 is 1.45 bits per heavy atom. The third kappa shape index (κ3) is 3.59. The highest BCUT2D eigenvalue weighted by Crippen LogP contribution is 2.28. The summed E-state index contributed by atoms with van der Waals surface area (Å²) in [4.78, 5) is 4.02. The van der Waals surface area contributed by atoms with E-state index in [4.69, 9.17) is 10.5 Å². The van der Waals surface area contributed by atoms with Gasteiger partial charge in [-0.25, -0.2) is 9.37 Å². The number of halogens is 1. The van der Waals surface area contributed by atoms with Gasteiger partial charge >= 0.3 is 0 Å². The minimum absolute atomic E-state index is 0.211. The summed E-state index contributed by atoms with van der Waals surface area (Å²) in [6.45, 7) is 3.04. The zero-order valence-corrected chi connectivity index (χ0v) is 11.3. The van der Waals surface area contributed by atoms with E-state index in [-0.39, 0.29) is 5.75 Å². The molecule has 0 fully saturated rings. The van der Waals surface area contributed by atoms with Crippen LogP contribution in [0.15, 0.2) is 18.5 Å². The van der Waals surface area contributed by atoms with Gasteiger partial charge in [-0.2, -0.15) is 5.10 Å². The maximum Gasteiger partial charge on any atom is 0.167 e. The lowest BCUT2D eigenvalue weighted by atomic mass is 10.2. The van der Waals surface area contributed by atoms with Gasteiger partial charge in [0.15, 0.2) is 11.6 Å². The average Bonchev–Trinajstić information content (AvgIpc) is 2.93. The van der Waals surface area contributed by atoms with Crippen LogP contribution in [0.5, 0.6) is 5.75 Å². The Bertz CT molecular complexity index is 544. The maximum atomic E-state index is 13.6. The van der Waals surface area contributed by atoms with Crippen molar-refractivity contribution in [1.29, 1.82) is 0 Å². The second kappa shape index (κ2) is 6.74. The molecule has 0 atom stereocenters. The van der Waals surface area contributed by atoms with Crippen molar-refractivity contribution < 1.29 is 9.13 Å². The fourth-order valence-electron chi connectivity index (χ4n) is 1.71. The first-order valence-electron chi connectivity index (χ1n) is 6.50. The second-order valence-corrected chi connectivity index (χ2v) is 4.33. The summed E-state index contributed by atoms with van der Waals surface area (Å²) < 4.78 is 19.0. The number of nitrogens with zero attached hydrogens (tertiary/aromatic N) is 2. The van der Waals surface area contributed by atoms with Crippen LogP contribution in [0, 0.1) is 5.82 Å². The second-order valence-electron chi connectivity index (χ2n) is 4.33. The Morgan fingerprint density at radius 3 is 3.00 bits per heavy atom. The van der Waals surface area contributed by atoms with E-state index in [2.05, 4.69) is 20.5 Å². The van der Waals surface area contributed by atoms with Crippen molar-refractivity contribution in [2.75, 3.05) is 24.2 Å². The highest BCUT2D eigenvalue weighted by Gasteiger charge is 2.09. The number of aromatic amines is 1. The molecule has 0 aliphatic heterocycles. The molecule has 0 saturated carbocycles. The number of ether oxygens (including phenoxy) is 1. The van der Waals surface area contributed by atoms with Crippen LogP contribution in [-0.2, 0) is 6.42 Å². The molecule has 0 aliphatic rings. The van der Waals surface area contributed by atoms with Crippen molar-refractivity contribution in [3.63, 3.8) is 0 Å². The lowest BCUT2D eigenvalue weighted by Gasteiger charge is -2.12. The molecule has 0 spiro atoms. The molecule has 6 nitrogen and oxygen atoms in total. The molecule has 0 amide bonds. The van der Waals surface area contributed by atoms with Crippen molar-refractivity contribution in [1.82, 2.24) is 15.2 Å². The van der Waals surface area contributed by atoms with Crippen LogP contribution in [0.2, 0.25) is 0 Å². The monoisotopic (exact) mass is 279 g/mol. The third-order valence-electron chi connectivity index (χ3n) is 2.71. The minimum atomic E-state index is -0.447. The topological polar surface area (TPSA) is 88.8 Å². The first-order chi connectivity index (χ1) is 9.70. The Labute approximate surface area is 116 Å². The van der Waals surface area contributed by atoms with Gasteiger partial charge in [0.05, 0.1) is 18.0 Å². The lowest BCUT2D eigenvalue weighted by molar-refractivity contribution is 0.301. The maximum absolute atomic E-state index is 13.6. The van der Waals surface area contributed by atoms with E-state index in [1.54, 1.807) is 6.07 Å². The van der Waals surface area contributed by atoms with Gasteiger partial charge < -0.3 is 15.8 Å². The number of hydrogen-bond acceptors (Lipinski definition) is 5. The first kappa shape index (κ1) is 14.1. The van der Waals surface area contributed by atoms with Crippen LogP contribution in [0.4, 0.5) is 15.8 Å². The van der Waals surface area contributed by atoms with Crippen molar-refractivity contribution in [2.24, 2.45) is 0 Å². The highest BCUT2D eigenvalue weighted by molar-refractivity contribution is 5.68. The molecule has 0 bridgehead atoms. The third-order valence-corrected chi connectivity index (χ3v) is 2.71. The van der Waals surface area contributed by atoms with E-state index < -0.39 is 5.82 Å². The van der Waals surface area contributed by atoms with E-state index in [1.807, 2.05) is 6.92 Å². The summed E-state index contributed by atoms with van der Waals surface area (Å²) in [7, 11) is 0. The van der Waals surface area contributed by atoms with Gasteiger partial charge in [0.1, 0.15) is 12.2 Å². The molecular formula is C13H18FN5O. The number of nitrogen functional groups attached to an aromatic ring is 1. The van der Waals surface area contributed by atoms with Crippen LogP contribution in [0.1, 0.15) is 19.2 Å². The molecule has 2 aromatic rings. The van der Waals surface area contributed by atoms with Crippen molar-refractivity contribution in [3.05, 3.63) is 30.1 Å². The smallest absolute Gasteiger partial charge is 0.167 e. The van der Waals surface area contributed by atoms with Crippen LogP contribution in [-0.4, -0.2) is 28.3 Å². The first-order valence-corrected chi connectivity index (χ1v) is 6.50. The summed E-state index contributed by atoms with van der Waals surface area (Å²) in [6, 6.07) is 2.85. The number of anilines is 2. The number of benzene rings is 1. The normalized spacial score (nSPS) is 10.5. The molecule has 1 aromatic carbocycles. The molecule has 1 heterocycles. The summed E-state index contributed by atoms with van der Waals surface area (Å²) >= 11 is 0. The predicted molar refractivity (Wildman–Crippen MR) is 75.2 cm³/mol. The van der Waals surface area contributed by atoms with Crippen LogP contribution >= 0.6 is 0 Å². The van der Waals surface area contributed by atoms with Gasteiger partial charge in [0, 0.05) is 25.1 Å². The molecule has 4 N–H and O–H groups in total. The van der Waals surface area contributed by atoms with E-state index in [1.165, 1.54) is 12.4 Å². The van der Waals surface area contributed by atoms with Crippen LogP contribution in [0.25, 0.3) is 0 Å². The molecule has 108 valence electrons. The van der Waals surface area contributed by atoms with Gasteiger partial charge in [0.25, 0.3) is 0 Å². The number of nitrogens with one attached hydrogen (secondary N) is 2. The highest BCUT2D eigenvalue weighted by atomic mass is 19.1. The zero-order chi connectivity index (χ0) is 14.4. The molecule has 0 radical (unpaired) electrons. The van der Waals surface area contributed by atoms with Gasteiger partial charge in [-0.3, -0.25) is 5.10 Å². The Hall–Kier alpha value is -2.31. The molecule has 1 aromatic heterocycles. The summed E-state index contributed by atoms with van der Waals surface area (Å²) in [5.74, 6) is 0.542. The van der Waals surface area contributed by atoms with Gasteiger partial charge in [0.2, 0.25) is 0 Å². The number of nitrogens with two attached hydrogens (primary N) is 1. The van der Waals surface area contributed by atoms with Gasteiger partial charge in [-0.15, -0.1) is 0 Å². The van der Waals surface area contributed by atoms with Gasteiger partial charge in [-0.1, -0.05) is 6.92 Å². The summed E-state index contributed by atoms with van der Waals surface area (Å²) in [6.07, 6.45) is 2.94. The molecule has 0 unspecified atom stereocenters. The molecule has 0 aliphatic carbocycles. The standard InChI is InChI=1S/C13H18FN5O/c1-2-5-20-12-7-11(10(15)6-9(12)14)16-4-3-13-17-8-18-19-13/h6-8,16H,2-5,15H2,1H3,(H,17,18,19). The number of aromatic nitrogens is 3. The Kier molecular flexibility index (Phi) is 4.75. The molecular weight excluding hydrogens is 261 g/mol. The molecule has 0 saturated heterocycles. The quantitative estimate of drug-likeness (QED) is 0.674. The molecule has 20 heavy (non-hydrogen) atoms. The fraction of sp³-hybridized carbons (Fsp3) is 0.385. The number of H-pyrrole nitrogens is 1. The van der Waals surface area contributed by atoms with E-state index in [9.17, 15) is 4.39 Å². The van der Waals surface area contributed by atoms with Crippen LogP contribution in [0.3, 0.4) is 0 Å². The number of rotatable bonds is 7. The summed E-state index contributed by atoms with van der Waals surface area (Å²) in [5.41, 5.74) is 6.79.